The van der Waals surface area contributed by atoms with E-state index in [-0.39, 0.29) is 0 Å². The Labute approximate surface area is 109 Å². The van der Waals surface area contributed by atoms with E-state index in [1.165, 1.54) is 12.8 Å². The van der Waals surface area contributed by atoms with Crippen LogP contribution >= 0.6 is 0 Å². The number of nitrogen functional groups attached to an aromatic ring is 1. The van der Waals surface area contributed by atoms with Gasteiger partial charge in [0.05, 0.1) is 0 Å². The molecule has 3 N–H and O–H groups in total. The van der Waals surface area contributed by atoms with Crippen LogP contribution in [0, 0.1) is 6.92 Å². The van der Waals surface area contributed by atoms with Gasteiger partial charge in [-0.15, -0.1) is 0 Å². The quantitative estimate of drug-likeness (QED) is 0.618. The van der Waals surface area contributed by atoms with E-state index >= 15 is 0 Å². The van der Waals surface area contributed by atoms with Crippen LogP contribution in [0.4, 0.5) is 11.6 Å². The molecule has 18 heavy (non-hydrogen) atoms. The van der Waals surface area contributed by atoms with Crippen LogP contribution < -0.4 is 16.2 Å². The van der Waals surface area contributed by atoms with Crippen molar-refractivity contribution in [2.45, 2.75) is 52.0 Å². The van der Waals surface area contributed by atoms with Gasteiger partial charge in [-0.05, 0) is 33.1 Å². The Bertz CT molecular complexity index is 428. The molecule has 0 aromatic carbocycles. The molecule has 5 heteroatoms. The number of anilines is 2. The van der Waals surface area contributed by atoms with Gasteiger partial charge >= 0.3 is 0 Å². The molecule has 100 valence electrons. The fourth-order valence-corrected chi connectivity index (χ4v) is 2.01. The maximum absolute atomic E-state index is 5.56. The minimum atomic E-state index is 0.455. The monoisotopic (exact) mass is 249 g/mol. The highest BCUT2D eigenvalue weighted by molar-refractivity contribution is 5.58. The summed E-state index contributed by atoms with van der Waals surface area (Å²) in [7, 11) is 2.08. The predicted molar refractivity (Wildman–Crippen MR) is 74.7 cm³/mol. The van der Waals surface area contributed by atoms with Crippen molar-refractivity contribution >= 4 is 11.6 Å². The number of hydrogen-bond acceptors (Lipinski definition) is 5. The summed E-state index contributed by atoms with van der Waals surface area (Å²) in [6, 6.07) is 0.455. The third-order valence-electron chi connectivity index (χ3n) is 3.80. The normalized spacial score (nSPS) is 16.5. The highest BCUT2D eigenvalue weighted by atomic mass is 15.3. The van der Waals surface area contributed by atoms with Gasteiger partial charge < -0.3 is 10.3 Å². The van der Waals surface area contributed by atoms with Crippen molar-refractivity contribution in [2.24, 2.45) is 5.84 Å². The first-order valence-electron chi connectivity index (χ1n) is 6.66. The largest absolute Gasteiger partial charge is 0.357 e. The van der Waals surface area contributed by atoms with Crippen LogP contribution in [0.25, 0.3) is 0 Å². The SMILES string of the molecule is CCC(C)N(C)c1nc(C2CC2)nc(NN)c1C. The van der Waals surface area contributed by atoms with Gasteiger partial charge in [-0.25, -0.2) is 15.8 Å². The topological polar surface area (TPSA) is 67.1 Å². The summed E-state index contributed by atoms with van der Waals surface area (Å²) in [5.41, 5.74) is 3.71. The molecule has 1 aliphatic rings. The molecule has 5 nitrogen and oxygen atoms in total. The second-order valence-corrected chi connectivity index (χ2v) is 5.17. The van der Waals surface area contributed by atoms with E-state index in [2.05, 4.69) is 36.2 Å². The van der Waals surface area contributed by atoms with Crippen molar-refractivity contribution in [1.82, 2.24) is 9.97 Å². The van der Waals surface area contributed by atoms with E-state index in [0.717, 1.165) is 29.4 Å². The van der Waals surface area contributed by atoms with Gasteiger partial charge in [0.2, 0.25) is 0 Å². The van der Waals surface area contributed by atoms with Gasteiger partial charge in [-0.3, -0.25) is 0 Å². The Kier molecular flexibility index (Phi) is 3.71. The van der Waals surface area contributed by atoms with Gasteiger partial charge in [-0.1, -0.05) is 6.92 Å². The zero-order valence-corrected chi connectivity index (χ0v) is 11.7. The van der Waals surface area contributed by atoms with Gasteiger partial charge in [0.25, 0.3) is 0 Å². The van der Waals surface area contributed by atoms with Crippen LogP contribution in [-0.4, -0.2) is 23.1 Å². The summed E-state index contributed by atoms with van der Waals surface area (Å²) < 4.78 is 0. The van der Waals surface area contributed by atoms with E-state index in [4.69, 9.17) is 10.8 Å². The molecular weight excluding hydrogens is 226 g/mol. The Balaban J connectivity index is 2.40. The second kappa shape index (κ2) is 5.10. The summed E-state index contributed by atoms with van der Waals surface area (Å²) in [5.74, 6) is 8.76. The number of nitrogens with one attached hydrogen (secondary N) is 1. The van der Waals surface area contributed by atoms with Gasteiger partial charge in [0, 0.05) is 24.6 Å². The lowest BCUT2D eigenvalue weighted by Gasteiger charge is -2.27. The molecule has 0 radical (unpaired) electrons. The zero-order chi connectivity index (χ0) is 13.3. The maximum atomic E-state index is 5.56. The lowest BCUT2D eigenvalue weighted by atomic mass is 10.2. The molecular formula is C13H23N5. The summed E-state index contributed by atoms with van der Waals surface area (Å²) >= 11 is 0. The van der Waals surface area contributed by atoms with E-state index in [9.17, 15) is 0 Å². The van der Waals surface area contributed by atoms with Gasteiger partial charge in [0.15, 0.2) is 0 Å². The number of nitrogens with two attached hydrogens (primary N) is 1. The fourth-order valence-electron chi connectivity index (χ4n) is 2.01. The Morgan fingerprint density at radius 3 is 2.61 bits per heavy atom. The number of rotatable bonds is 5. The first-order valence-corrected chi connectivity index (χ1v) is 6.66. The molecule has 1 aliphatic carbocycles. The van der Waals surface area contributed by atoms with E-state index in [1.54, 1.807) is 0 Å². The summed E-state index contributed by atoms with van der Waals surface area (Å²) in [5, 5.41) is 0. The molecule has 0 spiro atoms. The van der Waals surface area contributed by atoms with E-state index in [1.807, 2.05) is 6.92 Å². The molecule has 0 bridgehead atoms. The molecule has 0 amide bonds. The minimum absolute atomic E-state index is 0.455. The van der Waals surface area contributed by atoms with Crippen LogP contribution in [-0.2, 0) is 0 Å². The minimum Gasteiger partial charge on any atom is -0.357 e. The average Bonchev–Trinajstić information content (AvgIpc) is 3.21. The highest BCUT2D eigenvalue weighted by Crippen LogP contribution is 2.40. The fraction of sp³-hybridized carbons (Fsp3) is 0.692. The molecule has 2 rings (SSSR count). The van der Waals surface area contributed by atoms with Crippen LogP contribution in [0.3, 0.4) is 0 Å². The third kappa shape index (κ3) is 2.41. The smallest absolute Gasteiger partial charge is 0.148 e. The molecule has 1 unspecified atom stereocenters. The van der Waals surface area contributed by atoms with Crippen molar-refractivity contribution in [1.29, 1.82) is 0 Å². The first-order chi connectivity index (χ1) is 8.58. The van der Waals surface area contributed by atoms with Crippen molar-refractivity contribution in [3.8, 4) is 0 Å². The van der Waals surface area contributed by atoms with E-state index in [0.29, 0.717) is 12.0 Å². The molecule has 1 saturated carbocycles. The molecule has 1 fully saturated rings. The summed E-state index contributed by atoms with van der Waals surface area (Å²) in [6.07, 6.45) is 3.48. The van der Waals surface area contributed by atoms with Gasteiger partial charge in [0.1, 0.15) is 17.5 Å². The van der Waals surface area contributed by atoms with Crippen molar-refractivity contribution in [2.75, 3.05) is 17.4 Å². The molecule has 0 aliphatic heterocycles. The van der Waals surface area contributed by atoms with Crippen LogP contribution in [0.1, 0.15) is 50.4 Å². The number of hydrazine groups is 1. The molecule has 0 saturated heterocycles. The van der Waals surface area contributed by atoms with Crippen LogP contribution in [0.15, 0.2) is 0 Å². The summed E-state index contributed by atoms with van der Waals surface area (Å²) in [4.78, 5) is 11.5. The van der Waals surface area contributed by atoms with Crippen LogP contribution in [0.5, 0.6) is 0 Å². The average molecular weight is 249 g/mol. The number of hydrogen-bond donors (Lipinski definition) is 2. The Hall–Kier alpha value is -1.36. The maximum Gasteiger partial charge on any atom is 0.148 e. The lowest BCUT2D eigenvalue weighted by Crippen LogP contribution is -2.30. The molecule has 1 heterocycles. The Morgan fingerprint density at radius 2 is 2.11 bits per heavy atom. The summed E-state index contributed by atoms with van der Waals surface area (Å²) in [6.45, 7) is 6.40. The van der Waals surface area contributed by atoms with Crippen molar-refractivity contribution in [3.05, 3.63) is 11.4 Å². The zero-order valence-electron chi connectivity index (χ0n) is 11.7. The predicted octanol–water partition coefficient (Wildman–Crippen LogP) is 2.18. The van der Waals surface area contributed by atoms with Gasteiger partial charge in [-0.2, -0.15) is 0 Å². The number of aromatic nitrogens is 2. The first kappa shape index (κ1) is 13.1. The lowest BCUT2D eigenvalue weighted by molar-refractivity contribution is 0.651. The standard InChI is InChI=1S/C13H23N5/c1-5-8(2)18(4)13-9(3)11(17-14)15-12(16-13)10-6-7-10/h8,10H,5-7,14H2,1-4H3,(H,15,16,17). The molecule has 1 atom stereocenters. The van der Waals surface area contributed by atoms with Crippen molar-refractivity contribution < 1.29 is 0 Å². The van der Waals surface area contributed by atoms with Crippen molar-refractivity contribution in [3.63, 3.8) is 0 Å². The Morgan fingerprint density at radius 1 is 1.44 bits per heavy atom. The number of nitrogens with zero attached hydrogens (tertiary/aromatic N) is 3. The van der Waals surface area contributed by atoms with Crippen LogP contribution in [0.2, 0.25) is 0 Å². The second-order valence-electron chi connectivity index (χ2n) is 5.17. The van der Waals surface area contributed by atoms with E-state index < -0.39 is 0 Å². The molecule has 1 aromatic heterocycles. The third-order valence-corrected chi connectivity index (χ3v) is 3.80. The highest BCUT2D eigenvalue weighted by Gasteiger charge is 2.29. The molecule has 1 aromatic rings.